The minimum Gasteiger partial charge on any atom is -0.363 e. The first-order chi connectivity index (χ1) is 24.7. The number of hydrogen-bond donors (Lipinski definition) is 4. The molecule has 15 heteroatoms. The van der Waals surface area contributed by atoms with E-state index in [4.69, 9.17) is 5.73 Å². The molecular formula is C38H58N6O7S2. The van der Waals surface area contributed by atoms with Gasteiger partial charge >= 0.3 is 6.03 Å². The number of thiophene rings is 1. The Morgan fingerprint density at radius 1 is 1.08 bits per heavy atom. The van der Waals surface area contributed by atoms with Gasteiger partial charge in [0, 0.05) is 32.1 Å². The molecule has 1 aromatic heterocycles. The molecule has 0 bridgehead atoms. The quantitative estimate of drug-likeness (QED) is 0.153. The highest BCUT2D eigenvalue weighted by molar-refractivity contribution is 7.91. The zero-order valence-electron chi connectivity index (χ0n) is 32.2. The molecule has 0 aromatic carbocycles. The maximum atomic E-state index is 14.9. The van der Waals surface area contributed by atoms with E-state index in [-0.39, 0.29) is 23.2 Å². The molecule has 1 saturated heterocycles. The molecule has 2 aliphatic carbocycles. The first-order valence-corrected chi connectivity index (χ1v) is 21.0. The number of nitrogens with one attached hydrogen (secondary N) is 3. The second-order valence-corrected chi connectivity index (χ2v) is 19.8. The third-order valence-corrected chi connectivity index (χ3v) is 14.1. The van der Waals surface area contributed by atoms with E-state index in [1.54, 1.807) is 23.6 Å². The predicted octanol–water partition coefficient (Wildman–Crippen LogP) is 4.10. The van der Waals surface area contributed by atoms with Gasteiger partial charge in [0.05, 0.1) is 6.04 Å². The van der Waals surface area contributed by atoms with E-state index in [1.807, 2.05) is 41.5 Å². The van der Waals surface area contributed by atoms with Crippen molar-refractivity contribution in [1.29, 1.82) is 0 Å². The monoisotopic (exact) mass is 774 g/mol. The Balaban J connectivity index is 1.63. The van der Waals surface area contributed by atoms with E-state index in [2.05, 4.69) is 21.7 Å². The molecule has 0 radical (unpaired) electrons. The maximum Gasteiger partial charge on any atom is 0.315 e. The second kappa shape index (κ2) is 17.3. The Kier molecular flexibility index (Phi) is 13.8. The van der Waals surface area contributed by atoms with Gasteiger partial charge < -0.3 is 26.6 Å². The van der Waals surface area contributed by atoms with Crippen LogP contribution in [0.25, 0.3) is 0 Å². The highest BCUT2D eigenvalue weighted by atomic mass is 32.2. The van der Waals surface area contributed by atoms with E-state index in [9.17, 15) is 32.4 Å². The second-order valence-electron chi connectivity index (χ2n) is 16.6. The highest BCUT2D eigenvalue weighted by Crippen LogP contribution is 2.41. The minimum atomic E-state index is -3.79. The van der Waals surface area contributed by atoms with Gasteiger partial charge in [0.15, 0.2) is 0 Å². The minimum absolute atomic E-state index is 0.00811. The number of hydrogen-bond acceptors (Lipinski definition) is 8. The first-order valence-electron chi connectivity index (χ1n) is 18.7. The summed E-state index contributed by atoms with van der Waals surface area (Å²) in [5, 5.41) is 10.4. The number of nitrogens with zero attached hydrogens (tertiary/aromatic N) is 2. The number of carbonyl (C=O) groups excluding carboxylic acids is 5. The normalized spacial score (nSPS) is 21.8. The smallest absolute Gasteiger partial charge is 0.315 e. The number of Topliss-reactive ketones (excluding diaryl/α,β-unsaturated/α-hetero) is 1. The first kappa shape index (κ1) is 42.2. The van der Waals surface area contributed by atoms with Crippen LogP contribution < -0.4 is 21.7 Å². The Bertz CT molecular complexity index is 1680. The van der Waals surface area contributed by atoms with Gasteiger partial charge in [-0.15, -0.1) is 17.1 Å². The van der Waals surface area contributed by atoms with Gasteiger partial charge in [0.25, 0.3) is 15.9 Å². The van der Waals surface area contributed by atoms with Crippen molar-refractivity contribution >= 4 is 50.9 Å². The SMILES string of the molecule is CC(C)=C=C[C@H]1CCN(C(=O)[C@@H](NC(=O)N[C@H](CN(C)S(=O)(=O)c2cccs2)C(C)(C)C)C2(C)CCCCC2)[C@@H]1C(=O)NC(CC1CC1)C(=O)C(N)=O. The lowest BCUT2D eigenvalue weighted by Gasteiger charge is -2.43. The number of amides is 5. The largest absolute Gasteiger partial charge is 0.363 e. The zero-order valence-corrected chi connectivity index (χ0v) is 33.8. The number of ketones is 1. The molecule has 1 aromatic rings. The molecule has 5 amide bonds. The Hall–Kier alpha value is -3.52. The van der Waals surface area contributed by atoms with Crippen LogP contribution in [-0.4, -0.2) is 91.5 Å². The summed E-state index contributed by atoms with van der Waals surface area (Å²) in [6.07, 6.45) is 8.41. The fraction of sp³-hybridized carbons (Fsp3) is 0.684. The molecule has 3 aliphatic rings. The molecule has 1 unspecified atom stereocenters. The molecule has 4 rings (SSSR count). The number of urea groups is 1. The van der Waals surface area contributed by atoms with Gasteiger partial charge in [0.2, 0.25) is 17.6 Å². The number of nitrogens with two attached hydrogens (primary N) is 1. The van der Waals surface area contributed by atoms with Crippen LogP contribution in [0.2, 0.25) is 0 Å². The number of likely N-dealkylation sites (tertiary alicyclic amines) is 1. The Labute approximate surface area is 318 Å². The third kappa shape index (κ3) is 10.8. The third-order valence-electron chi connectivity index (χ3n) is 10.9. The Morgan fingerprint density at radius 3 is 2.28 bits per heavy atom. The van der Waals surface area contributed by atoms with Gasteiger partial charge in [-0.25, -0.2) is 13.2 Å². The fourth-order valence-electron chi connectivity index (χ4n) is 7.33. The number of primary amides is 1. The van der Waals surface area contributed by atoms with Crippen LogP contribution in [0.3, 0.4) is 0 Å². The summed E-state index contributed by atoms with van der Waals surface area (Å²) in [7, 11) is -2.31. The van der Waals surface area contributed by atoms with Crippen molar-refractivity contribution in [1.82, 2.24) is 25.2 Å². The zero-order chi connectivity index (χ0) is 39.3. The van der Waals surface area contributed by atoms with Crippen LogP contribution in [-0.2, 0) is 29.2 Å². The lowest BCUT2D eigenvalue weighted by atomic mass is 9.70. The van der Waals surface area contributed by atoms with Crippen LogP contribution in [0.5, 0.6) is 0 Å². The van der Waals surface area contributed by atoms with Crippen LogP contribution in [0.1, 0.15) is 99.3 Å². The fourth-order valence-corrected chi connectivity index (χ4v) is 9.72. The van der Waals surface area contributed by atoms with E-state index < -0.39 is 80.5 Å². The lowest BCUT2D eigenvalue weighted by Crippen LogP contribution is -2.63. The summed E-state index contributed by atoms with van der Waals surface area (Å²) in [6, 6.07) is -1.16. The summed E-state index contributed by atoms with van der Waals surface area (Å²) >= 11 is 1.12. The number of sulfonamides is 1. The van der Waals surface area contributed by atoms with E-state index in [1.165, 1.54) is 16.3 Å². The number of likely N-dealkylation sites (N-methyl/N-ethyl adjacent to an activating group) is 1. The van der Waals surface area contributed by atoms with Gasteiger partial charge in [0.1, 0.15) is 16.3 Å². The van der Waals surface area contributed by atoms with Gasteiger partial charge in [-0.05, 0) is 79.4 Å². The molecule has 2 heterocycles. The van der Waals surface area contributed by atoms with Gasteiger partial charge in [-0.3, -0.25) is 19.2 Å². The van der Waals surface area contributed by atoms with Crippen LogP contribution in [0.4, 0.5) is 4.79 Å². The number of carbonyl (C=O) groups is 5. The van der Waals surface area contributed by atoms with Crippen LogP contribution in [0.15, 0.2) is 39.1 Å². The average molecular weight is 775 g/mol. The van der Waals surface area contributed by atoms with Gasteiger partial charge in [-0.2, -0.15) is 4.31 Å². The molecule has 5 atom stereocenters. The van der Waals surface area contributed by atoms with Crippen molar-refractivity contribution in [3.8, 4) is 0 Å². The van der Waals surface area contributed by atoms with Crippen LogP contribution in [0, 0.1) is 22.7 Å². The molecule has 1 aliphatic heterocycles. The molecular weight excluding hydrogens is 717 g/mol. The molecule has 53 heavy (non-hydrogen) atoms. The predicted molar refractivity (Wildman–Crippen MR) is 204 cm³/mol. The molecule has 5 N–H and O–H groups in total. The summed E-state index contributed by atoms with van der Waals surface area (Å²) < 4.78 is 28.0. The highest BCUT2D eigenvalue weighted by Gasteiger charge is 2.49. The topological polar surface area (TPSA) is 188 Å². The van der Waals surface area contributed by atoms with Crippen molar-refractivity contribution in [3.05, 3.63) is 34.9 Å². The summed E-state index contributed by atoms with van der Waals surface area (Å²) in [4.78, 5) is 69.2. The van der Waals surface area contributed by atoms with E-state index in [0.717, 1.165) is 49.0 Å². The van der Waals surface area contributed by atoms with Crippen molar-refractivity contribution in [2.45, 2.75) is 128 Å². The van der Waals surface area contributed by atoms with E-state index in [0.29, 0.717) is 25.7 Å². The molecule has 294 valence electrons. The molecule has 13 nitrogen and oxygen atoms in total. The maximum absolute atomic E-state index is 14.9. The molecule has 2 saturated carbocycles. The summed E-state index contributed by atoms with van der Waals surface area (Å²) in [6.45, 7) is 11.7. The van der Waals surface area contributed by atoms with Crippen molar-refractivity contribution in [2.24, 2.45) is 28.4 Å². The standard InChI is InChI=1S/C38H58N6O7S2/c1-24(2)13-16-26-17-20-44(30(26)34(47)40-27(22-25-14-15-25)31(45)33(39)46)35(48)32(38(6)18-9-8-10-19-38)42-36(49)41-28(37(3,4)5)23-43(7)53(50,51)29-12-11-21-52-29/h11-12,16,21,25-28,30,32H,8-10,14-15,17-20,22-23H2,1-7H3,(H2,39,46)(H,40,47)(H2,41,42,49)/t26-,27?,28+,30-,32+/m0/s1. The molecule has 0 spiro atoms. The van der Waals surface area contributed by atoms with Crippen molar-refractivity contribution < 1.29 is 32.4 Å². The average Bonchev–Trinajstić information content (AvgIpc) is 3.52. The summed E-state index contributed by atoms with van der Waals surface area (Å²) in [5.41, 5.74) is 8.23. The van der Waals surface area contributed by atoms with Crippen LogP contribution >= 0.6 is 11.3 Å². The molecule has 3 fully saturated rings. The van der Waals surface area contributed by atoms with Crippen molar-refractivity contribution in [2.75, 3.05) is 20.1 Å². The number of rotatable bonds is 15. The van der Waals surface area contributed by atoms with Gasteiger partial charge in [-0.1, -0.05) is 65.9 Å². The summed E-state index contributed by atoms with van der Waals surface area (Å²) in [5.74, 6) is -3.20. The lowest BCUT2D eigenvalue weighted by molar-refractivity contribution is -0.144. The van der Waals surface area contributed by atoms with Crippen molar-refractivity contribution in [3.63, 3.8) is 0 Å². The van der Waals surface area contributed by atoms with E-state index >= 15 is 0 Å². The Morgan fingerprint density at radius 2 is 1.74 bits per heavy atom.